The Balaban J connectivity index is 1.51. The third-order valence-electron chi connectivity index (χ3n) is 4.67. The predicted molar refractivity (Wildman–Crippen MR) is 96.0 cm³/mol. The topological polar surface area (TPSA) is 87.1 Å². The summed E-state index contributed by atoms with van der Waals surface area (Å²) in [5, 5.41) is 6.02. The van der Waals surface area contributed by atoms with E-state index in [0.29, 0.717) is 11.5 Å². The van der Waals surface area contributed by atoms with Crippen molar-refractivity contribution in [1.29, 1.82) is 0 Å². The fourth-order valence-electron chi connectivity index (χ4n) is 3.34. The molecule has 0 saturated carbocycles. The predicted octanol–water partition coefficient (Wildman–Crippen LogP) is 2.98. The molecule has 0 bridgehead atoms. The average Bonchev–Trinajstić information content (AvgIpc) is 3.03. The first-order chi connectivity index (χ1) is 12.6. The molecule has 1 unspecified atom stereocenters. The number of hydrogen-bond acceptors (Lipinski definition) is 4. The van der Waals surface area contributed by atoms with Crippen molar-refractivity contribution in [3.8, 4) is 0 Å². The van der Waals surface area contributed by atoms with Crippen molar-refractivity contribution < 1.29 is 13.6 Å². The van der Waals surface area contributed by atoms with Crippen LogP contribution in [0.1, 0.15) is 34.7 Å². The van der Waals surface area contributed by atoms with Gasteiger partial charge in [-0.2, -0.15) is 0 Å². The largest absolute Gasteiger partial charge is 0.417 e. The van der Waals surface area contributed by atoms with Crippen LogP contribution in [-0.4, -0.2) is 24.0 Å². The zero-order valence-electron chi connectivity index (χ0n) is 14.0. The van der Waals surface area contributed by atoms with Crippen molar-refractivity contribution in [1.82, 2.24) is 10.3 Å². The Hall–Kier alpha value is -2.93. The first-order valence-corrected chi connectivity index (χ1v) is 8.54. The van der Waals surface area contributed by atoms with Gasteiger partial charge in [0.1, 0.15) is 0 Å². The molecule has 6 nitrogen and oxygen atoms in total. The lowest BCUT2D eigenvalue weighted by Crippen LogP contribution is -2.28. The van der Waals surface area contributed by atoms with Crippen LogP contribution < -0.4 is 16.4 Å². The molecule has 1 aromatic heterocycles. The number of anilines is 1. The number of carbonyl (C=O) groups excluding carboxylic acids is 1. The fourth-order valence-corrected chi connectivity index (χ4v) is 3.34. The van der Waals surface area contributed by atoms with Gasteiger partial charge in [0.05, 0.1) is 5.52 Å². The van der Waals surface area contributed by atoms with Gasteiger partial charge in [0.25, 0.3) is 5.91 Å². The smallest absolute Gasteiger partial charge is 0.405 e. The maximum Gasteiger partial charge on any atom is 0.417 e. The van der Waals surface area contributed by atoms with Crippen LogP contribution in [0.4, 0.5) is 10.1 Å². The molecule has 1 fully saturated rings. The van der Waals surface area contributed by atoms with Gasteiger partial charge in [-0.1, -0.05) is 12.1 Å². The Bertz CT molecular complexity index is 1000. The number of H-pyrrole nitrogens is 1. The molecule has 1 aliphatic rings. The van der Waals surface area contributed by atoms with E-state index < -0.39 is 11.6 Å². The number of nitrogens with one attached hydrogen (secondary N) is 3. The Morgan fingerprint density at radius 2 is 2.04 bits per heavy atom. The van der Waals surface area contributed by atoms with E-state index in [-0.39, 0.29) is 22.7 Å². The molecule has 1 amide bonds. The van der Waals surface area contributed by atoms with Gasteiger partial charge < -0.3 is 15.1 Å². The summed E-state index contributed by atoms with van der Waals surface area (Å²) in [5.74, 6) is -1.33. The first kappa shape index (κ1) is 16.5. The standard InChI is InChI=1S/C19H18FN3O3/c20-15-8-14(9-16-17(15)26-19(25)23-16)22-18(24)12-5-3-11(4-6-12)13-2-1-7-21-10-13/h3-6,8-9,13,21H,1-2,7,10H2,(H,22,24)(H,23,25). The minimum Gasteiger partial charge on any atom is -0.405 e. The molecule has 7 heteroatoms. The second kappa shape index (κ2) is 6.76. The Morgan fingerprint density at radius 1 is 1.23 bits per heavy atom. The van der Waals surface area contributed by atoms with E-state index in [4.69, 9.17) is 4.42 Å². The fraction of sp³-hybridized carbons (Fsp3) is 0.263. The van der Waals surface area contributed by atoms with Crippen molar-refractivity contribution in [3.63, 3.8) is 0 Å². The SMILES string of the molecule is O=C(Nc1cc(F)c2oc(=O)[nH]c2c1)c1ccc(C2CCCNC2)cc1. The summed E-state index contributed by atoms with van der Waals surface area (Å²) in [4.78, 5) is 26.0. The lowest BCUT2D eigenvalue weighted by molar-refractivity contribution is 0.102. The summed E-state index contributed by atoms with van der Waals surface area (Å²) < 4.78 is 18.7. The highest BCUT2D eigenvalue weighted by atomic mass is 19.1. The zero-order chi connectivity index (χ0) is 18.1. The van der Waals surface area contributed by atoms with Crippen LogP contribution in [0.5, 0.6) is 0 Å². The van der Waals surface area contributed by atoms with Crippen molar-refractivity contribution in [3.05, 3.63) is 63.9 Å². The molecule has 0 radical (unpaired) electrons. The van der Waals surface area contributed by atoms with Gasteiger partial charge in [-0.15, -0.1) is 0 Å². The van der Waals surface area contributed by atoms with Crippen LogP contribution in [0.2, 0.25) is 0 Å². The number of piperidine rings is 1. The number of fused-ring (bicyclic) bond motifs is 1. The van der Waals surface area contributed by atoms with E-state index in [2.05, 4.69) is 15.6 Å². The summed E-state index contributed by atoms with van der Waals surface area (Å²) in [6, 6.07) is 10.1. The van der Waals surface area contributed by atoms with Crippen LogP contribution in [0, 0.1) is 5.82 Å². The van der Waals surface area contributed by atoms with Crippen LogP contribution >= 0.6 is 0 Å². The molecule has 26 heavy (non-hydrogen) atoms. The number of carbonyl (C=O) groups is 1. The normalized spacial score (nSPS) is 17.3. The molecule has 4 rings (SSSR count). The maximum atomic E-state index is 14.0. The van der Waals surface area contributed by atoms with Crippen LogP contribution in [0.15, 0.2) is 45.6 Å². The van der Waals surface area contributed by atoms with E-state index in [1.54, 1.807) is 12.1 Å². The molecule has 0 spiro atoms. The number of benzene rings is 2. The number of aromatic amines is 1. The molecule has 1 atom stereocenters. The van der Waals surface area contributed by atoms with Gasteiger partial charge >= 0.3 is 5.76 Å². The Labute approximate surface area is 148 Å². The molecular weight excluding hydrogens is 337 g/mol. The number of halogens is 1. The Morgan fingerprint density at radius 3 is 2.77 bits per heavy atom. The van der Waals surface area contributed by atoms with Crippen molar-refractivity contribution >= 4 is 22.7 Å². The highest BCUT2D eigenvalue weighted by molar-refractivity contribution is 6.04. The van der Waals surface area contributed by atoms with Gasteiger partial charge in [0, 0.05) is 23.9 Å². The molecule has 2 heterocycles. The van der Waals surface area contributed by atoms with Crippen molar-refractivity contribution in [2.45, 2.75) is 18.8 Å². The average molecular weight is 355 g/mol. The summed E-state index contributed by atoms with van der Waals surface area (Å²) in [5.41, 5.74) is 1.98. The quantitative estimate of drug-likeness (QED) is 0.674. The van der Waals surface area contributed by atoms with Crippen molar-refractivity contribution in [2.75, 3.05) is 18.4 Å². The third-order valence-corrected chi connectivity index (χ3v) is 4.67. The van der Waals surface area contributed by atoms with E-state index in [1.165, 1.54) is 11.6 Å². The molecule has 0 aliphatic carbocycles. The van der Waals surface area contributed by atoms with Gasteiger partial charge in [-0.05, 0) is 49.1 Å². The summed E-state index contributed by atoms with van der Waals surface area (Å²) >= 11 is 0. The van der Waals surface area contributed by atoms with E-state index in [1.807, 2.05) is 12.1 Å². The summed E-state index contributed by atoms with van der Waals surface area (Å²) in [6.45, 7) is 2.01. The number of hydrogen-bond donors (Lipinski definition) is 3. The van der Waals surface area contributed by atoms with Crippen molar-refractivity contribution in [2.24, 2.45) is 0 Å². The zero-order valence-corrected chi connectivity index (χ0v) is 14.0. The lowest BCUT2D eigenvalue weighted by Gasteiger charge is -2.23. The molecule has 134 valence electrons. The Kier molecular flexibility index (Phi) is 4.30. The van der Waals surface area contributed by atoms with Crippen LogP contribution in [-0.2, 0) is 0 Å². The molecular formula is C19H18FN3O3. The maximum absolute atomic E-state index is 14.0. The number of amides is 1. The summed E-state index contributed by atoms with van der Waals surface area (Å²) in [7, 11) is 0. The highest BCUT2D eigenvalue weighted by Gasteiger charge is 2.16. The minimum absolute atomic E-state index is 0.154. The van der Waals surface area contributed by atoms with E-state index in [0.717, 1.165) is 32.0 Å². The first-order valence-electron chi connectivity index (χ1n) is 8.54. The number of aromatic nitrogens is 1. The second-order valence-corrected chi connectivity index (χ2v) is 6.47. The second-order valence-electron chi connectivity index (χ2n) is 6.47. The summed E-state index contributed by atoms with van der Waals surface area (Å²) in [6.07, 6.45) is 2.29. The molecule has 1 aliphatic heterocycles. The van der Waals surface area contributed by atoms with E-state index >= 15 is 0 Å². The van der Waals surface area contributed by atoms with Gasteiger partial charge in [0.2, 0.25) is 0 Å². The van der Waals surface area contributed by atoms with Crippen LogP contribution in [0.25, 0.3) is 11.1 Å². The lowest BCUT2D eigenvalue weighted by atomic mass is 9.91. The molecule has 3 aromatic rings. The monoisotopic (exact) mass is 355 g/mol. The van der Waals surface area contributed by atoms with Gasteiger partial charge in [-0.25, -0.2) is 9.18 Å². The van der Waals surface area contributed by atoms with Gasteiger partial charge in [-0.3, -0.25) is 9.78 Å². The highest BCUT2D eigenvalue weighted by Crippen LogP contribution is 2.24. The molecule has 3 N–H and O–H groups in total. The third kappa shape index (κ3) is 3.25. The molecule has 1 saturated heterocycles. The number of oxazole rings is 1. The number of rotatable bonds is 3. The van der Waals surface area contributed by atoms with E-state index in [9.17, 15) is 14.0 Å². The van der Waals surface area contributed by atoms with Crippen LogP contribution in [0.3, 0.4) is 0 Å². The minimum atomic E-state index is -0.741. The molecule has 2 aromatic carbocycles. The van der Waals surface area contributed by atoms with Gasteiger partial charge in [0.15, 0.2) is 11.4 Å².